The molecule has 106 valence electrons. The Morgan fingerprint density at radius 1 is 1.45 bits per heavy atom. The SMILES string of the molecule is CC(C)OC(=S)C(CC(=O)O)c1nc2ccccc2[nH]1. The number of aromatic amines is 1. The van der Waals surface area contributed by atoms with Crippen molar-refractivity contribution in [2.45, 2.75) is 32.3 Å². The third-order valence-corrected chi connectivity index (χ3v) is 3.13. The molecule has 0 aliphatic heterocycles. The number of thiocarbonyl (C=S) groups is 1. The van der Waals surface area contributed by atoms with E-state index in [1.807, 2.05) is 38.1 Å². The molecule has 0 aliphatic carbocycles. The molecule has 0 fully saturated rings. The summed E-state index contributed by atoms with van der Waals surface area (Å²) < 4.78 is 5.47. The minimum Gasteiger partial charge on any atom is -0.484 e. The molecule has 0 radical (unpaired) electrons. The maximum atomic E-state index is 11.0. The predicted octanol–water partition coefficient (Wildman–Crippen LogP) is 2.87. The van der Waals surface area contributed by atoms with E-state index in [9.17, 15) is 4.79 Å². The quantitative estimate of drug-likeness (QED) is 0.829. The Morgan fingerprint density at radius 2 is 2.15 bits per heavy atom. The van der Waals surface area contributed by atoms with Gasteiger partial charge in [-0.2, -0.15) is 0 Å². The average Bonchev–Trinajstić information content (AvgIpc) is 2.78. The van der Waals surface area contributed by atoms with E-state index in [-0.39, 0.29) is 17.6 Å². The molecule has 0 saturated carbocycles. The van der Waals surface area contributed by atoms with Crippen LogP contribution in [0.3, 0.4) is 0 Å². The van der Waals surface area contributed by atoms with Gasteiger partial charge in [0.05, 0.1) is 29.5 Å². The first kappa shape index (κ1) is 14.5. The van der Waals surface area contributed by atoms with Gasteiger partial charge in [-0.05, 0) is 38.2 Å². The third kappa shape index (κ3) is 3.33. The molecule has 2 aromatic rings. The highest BCUT2D eigenvalue weighted by Gasteiger charge is 2.25. The summed E-state index contributed by atoms with van der Waals surface area (Å²) in [6.45, 7) is 3.70. The molecule has 1 heterocycles. The maximum Gasteiger partial charge on any atom is 0.304 e. The first-order valence-electron chi connectivity index (χ1n) is 6.34. The lowest BCUT2D eigenvalue weighted by molar-refractivity contribution is -0.137. The zero-order valence-electron chi connectivity index (χ0n) is 11.3. The number of nitrogens with one attached hydrogen (secondary N) is 1. The van der Waals surface area contributed by atoms with Crippen LogP contribution in [0.2, 0.25) is 0 Å². The topological polar surface area (TPSA) is 75.2 Å². The zero-order valence-corrected chi connectivity index (χ0v) is 12.1. The van der Waals surface area contributed by atoms with Gasteiger partial charge in [0.1, 0.15) is 5.82 Å². The lowest BCUT2D eigenvalue weighted by atomic mass is 10.1. The fourth-order valence-electron chi connectivity index (χ4n) is 1.92. The molecule has 2 rings (SSSR count). The van der Waals surface area contributed by atoms with E-state index in [2.05, 4.69) is 9.97 Å². The average molecular weight is 292 g/mol. The summed E-state index contributed by atoms with van der Waals surface area (Å²) in [4.78, 5) is 18.6. The number of ether oxygens (including phenoxy) is 1. The van der Waals surface area contributed by atoms with Crippen LogP contribution in [0.15, 0.2) is 24.3 Å². The van der Waals surface area contributed by atoms with Gasteiger partial charge >= 0.3 is 5.97 Å². The molecular weight excluding hydrogens is 276 g/mol. The van der Waals surface area contributed by atoms with Gasteiger partial charge in [-0.25, -0.2) is 4.98 Å². The van der Waals surface area contributed by atoms with E-state index < -0.39 is 11.9 Å². The summed E-state index contributed by atoms with van der Waals surface area (Å²) in [7, 11) is 0. The summed E-state index contributed by atoms with van der Waals surface area (Å²) in [5.41, 5.74) is 1.63. The van der Waals surface area contributed by atoms with Crippen molar-refractivity contribution in [3.05, 3.63) is 30.1 Å². The Kier molecular flexibility index (Phi) is 4.34. The Morgan fingerprint density at radius 3 is 2.75 bits per heavy atom. The highest BCUT2D eigenvalue weighted by atomic mass is 32.1. The molecule has 0 bridgehead atoms. The third-order valence-electron chi connectivity index (χ3n) is 2.75. The lowest BCUT2D eigenvalue weighted by Gasteiger charge is -2.17. The van der Waals surface area contributed by atoms with Crippen LogP contribution in [-0.2, 0) is 9.53 Å². The lowest BCUT2D eigenvalue weighted by Crippen LogP contribution is -2.21. The van der Waals surface area contributed by atoms with Crippen LogP contribution >= 0.6 is 12.2 Å². The Balaban J connectivity index is 2.34. The molecule has 0 spiro atoms. The molecule has 1 aromatic heterocycles. The van der Waals surface area contributed by atoms with Crippen molar-refractivity contribution in [1.29, 1.82) is 0 Å². The standard InChI is InChI=1S/C14H16N2O3S/c1-8(2)19-14(20)9(7-12(17)18)13-15-10-5-3-4-6-11(10)16-13/h3-6,8-9H,7H2,1-2H3,(H,15,16)(H,17,18). The summed E-state index contributed by atoms with van der Waals surface area (Å²) in [5, 5.41) is 9.30. The van der Waals surface area contributed by atoms with E-state index >= 15 is 0 Å². The number of imidazole rings is 1. The molecule has 5 nitrogen and oxygen atoms in total. The van der Waals surface area contributed by atoms with Crippen molar-refractivity contribution in [1.82, 2.24) is 9.97 Å². The number of carbonyl (C=O) groups is 1. The van der Waals surface area contributed by atoms with Gasteiger partial charge < -0.3 is 14.8 Å². The highest BCUT2D eigenvalue weighted by Crippen LogP contribution is 2.23. The normalized spacial score (nSPS) is 12.6. The van der Waals surface area contributed by atoms with Crippen LogP contribution in [0.1, 0.15) is 32.0 Å². The van der Waals surface area contributed by atoms with E-state index in [0.717, 1.165) is 11.0 Å². The van der Waals surface area contributed by atoms with E-state index in [4.69, 9.17) is 22.1 Å². The largest absolute Gasteiger partial charge is 0.484 e. The minimum atomic E-state index is -0.940. The van der Waals surface area contributed by atoms with Crippen LogP contribution in [-0.4, -0.2) is 32.2 Å². The van der Waals surface area contributed by atoms with Crippen LogP contribution in [0, 0.1) is 0 Å². The summed E-state index contributed by atoms with van der Waals surface area (Å²) in [5.74, 6) is -0.971. The summed E-state index contributed by atoms with van der Waals surface area (Å²) in [6, 6.07) is 7.51. The Hall–Kier alpha value is -1.95. The molecule has 0 aliphatic rings. The van der Waals surface area contributed by atoms with Gasteiger partial charge in [-0.15, -0.1) is 0 Å². The van der Waals surface area contributed by atoms with E-state index in [1.165, 1.54) is 0 Å². The highest BCUT2D eigenvalue weighted by molar-refractivity contribution is 7.80. The number of rotatable bonds is 5. The Labute approximate surface area is 122 Å². The molecule has 6 heteroatoms. The van der Waals surface area contributed by atoms with Crippen LogP contribution in [0.5, 0.6) is 0 Å². The number of nitrogens with zero attached hydrogens (tertiary/aromatic N) is 1. The van der Waals surface area contributed by atoms with Gasteiger partial charge in [-0.1, -0.05) is 12.1 Å². The fraction of sp³-hybridized carbons (Fsp3) is 0.357. The molecule has 0 amide bonds. The smallest absolute Gasteiger partial charge is 0.304 e. The van der Waals surface area contributed by atoms with Gasteiger partial charge in [0, 0.05) is 0 Å². The molecule has 1 atom stereocenters. The van der Waals surface area contributed by atoms with Crippen LogP contribution in [0.4, 0.5) is 0 Å². The van der Waals surface area contributed by atoms with Crippen molar-refractivity contribution in [2.75, 3.05) is 0 Å². The zero-order chi connectivity index (χ0) is 14.7. The monoisotopic (exact) mass is 292 g/mol. The number of para-hydroxylation sites is 2. The number of hydrogen-bond acceptors (Lipinski definition) is 4. The molecule has 2 N–H and O–H groups in total. The van der Waals surface area contributed by atoms with Crippen molar-refractivity contribution < 1.29 is 14.6 Å². The summed E-state index contributed by atoms with van der Waals surface area (Å²) >= 11 is 5.21. The number of benzene rings is 1. The number of fused-ring (bicyclic) bond motifs is 1. The fourth-order valence-corrected chi connectivity index (χ4v) is 2.31. The van der Waals surface area contributed by atoms with Gasteiger partial charge in [0.15, 0.2) is 5.05 Å². The van der Waals surface area contributed by atoms with Gasteiger partial charge in [0.2, 0.25) is 0 Å². The minimum absolute atomic E-state index is 0.0943. The van der Waals surface area contributed by atoms with Gasteiger partial charge in [-0.3, -0.25) is 4.79 Å². The van der Waals surface area contributed by atoms with Crippen LogP contribution < -0.4 is 0 Å². The molecular formula is C14H16N2O3S. The number of carboxylic acids is 1. The number of carboxylic acid groups (broad SMARTS) is 1. The maximum absolute atomic E-state index is 11.0. The number of hydrogen-bond donors (Lipinski definition) is 2. The van der Waals surface area contributed by atoms with Gasteiger partial charge in [0.25, 0.3) is 0 Å². The summed E-state index contributed by atoms with van der Waals surface area (Å²) in [6.07, 6.45) is -0.242. The molecule has 0 saturated heterocycles. The van der Waals surface area contributed by atoms with Crippen molar-refractivity contribution in [3.8, 4) is 0 Å². The number of aliphatic carboxylic acids is 1. The number of aromatic nitrogens is 2. The molecule has 1 aromatic carbocycles. The predicted molar refractivity (Wildman–Crippen MR) is 79.9 cm³/mol. The second-order valence-electron chi connectivity index (χ2n) is 4.78. The van der Waals surface area contributed by atoms with E-state index in [0.29, 0.717) is 5.82 Å². The van der Waals surface area contributed by atoms with E-state index in [1.54, 1.807) is 0 Å². The first-order valence-corrected chi connectivity index (χ1v) is 6.75. The Bertz CT molecular complexity index is 603. The molecule has 1 unspecified atom stereocenters. The second-order valence-corrected chi connectivity index (χ2v) is 5.18. The number of H-pyrrole nitrogens is 1. The van der Waals surface area contributed by atoms with Crippen molar-refractivity contribution in [3.63, 3.8) is 0 Å². The van der Waals surface area contributed by atoms with Crippen molar-refractivity contribution in [2.24, 2.45) is 0 Å². The van der Waals surface area contributed by atoms with Crippen molar-refractivity contribution >= 4 is 34.3 Å². The van der Waals surface area contributed by atoms with Crippen LogP contribution in [0.25, 0.3) is 11.0 Å². The second kappa shape index (κ2) is 6.00. The molecule has 20 heavy (non-hydrogen) atoms. The first-order chi connectivity index (χ1) is 9.47.